The summed E-state index contributed by atoms with van der Waals surface area (Å²) in [5, 5.41) is 15.0. The van der Waals surface area contributed by atoms with E-state index in [1.165, 1.54) is 10.9 Å². The molecular formula is C12H14N4O3. The van der Waals surface area contributed by atoms with Crippen molar-refractivity contribution in [3.63, 3.8) is 0 Å². The SMILES string of the molecule is CC(C)n1cc([N+](=O)[O-])c(OCc2ccccn2)n1. The molecule has 0 saturated heterocycles. The van der Waals surface area contributed by atoms with Crippen LogP contribution in [0.3, 0.4) is 0 Å². The second-order valence-corrected chi connectivity index (χ2v) is 4.26. The topological polar surface area (TPSA) is 83.1 Å². The number of hydrogen-bond acceptors (Lipinski definition) is 5. The lowest BCUT2D eigenvalue weighted by molar-refractivity contribution is -0.386. The molecule has 0 aliphatic rings. The summed E-state index contributed by atoms with van der Waals surface area (Å²) < 4.78 is 6.89. The van der Waals surface area contributed by atoms with Gasteiger partial charge >= 0.3 is 11.6 Å². The van der Waals surface area contributed by atoms with Gasteiger partial charge in [0, 0.05) is 12.2 Å². The van der Waals surface area contributed by atoms with Crippen molar-refractivity contribution in [2.24, 2.45) is 0 Å². The first-order valence-electron chi connectivity index (χ1n) is 5.84. The van der Waals surface area contributed by atoms with Crippen LogP contribution in [-0.2, 0) is 6.61 Å². The van der Waals surface area contributed by atoms with Gasteiger partial charge in [-0.3, -0.25) is 19.8 Å². The Morgan fingerprint density at radius 3 is 2.84 bits per heavy atom. The summed E-state index contributed by atoms with van der Waals surface area (Å²) in [6, 6.07) is 5.43. The standard InChI is InChI=1S/C12H14N4O3/c1-9(2)15-7-11(16(17)18)12(14-15)19-8-10-5-3-4-6-13-10/h3-7,9H,8H2,1-2H3. The Balaban J connectivity index is 2.17. The third kappa shape index (κ3) is 3.06. The van der Waals surface area contributed by atoms with E-state index in [0.29, 0.717) is 5.69 Å². The average Bonchev–Trinajstić information content (AvgIpc) is 2.82. The van der Waals surface area contributed by atoms with Crippen molar-refractivity contribution in [1.82, 2.24) is 14.8 Å². The Morgan fingerprint density at radius 2 is 2.26 bits per heavy atom. The maximum atomic E-state index is 10.9. The van der Waals surface area contributed by atoms with Crippen LogP contribution >= 0.6 is 0 Å². The monoisotopic (exact) mass is 262 g/mol. The molecular weight excluding hydrogens is 248 g/mol. The van der Waals surface area contributed by atoms with Gasteiger partial charge in [0.25, 0.3) is 0 Å². The Hall–Kier alpha value is -2.44. The van der Waals surface area contributed by atoms with Crippen molar-refractivity contribution in [2.75, 3.05) is 0 Å². The zero-order valence-corrected chi connectivity index (χ0v) is 10.7. The number of ether oxygens (including phenoxy) is 1. The fourth-order valence-electron chi connectivity index (χ4n) is 1.48. The lowest BCUT2D eigenvalue weighted by atomic mass is 10.4. The van der Waals surface area contributed by atoms with Crippen LogP contribution in [0.25, 0.3) is 0 Å². The summed E-state index contributed by atoms with van der Waals surface area (Å²) in [5.74, 6) is 0.0179. The molecule has 100 valence electrons. The largest absolute Gasteiger partial charge is 0.465 e. The molecule has 0 spiro atoms. The van der Waals surface area contributed by atoms with Gasteiger partial charge in [0.05, 0.1) is 10.6 Å². The van der Waals surface area contributed by atoms with Crippen LogP contribution in [0.4, 0.5) is 5.69 Å². The fourth-order valence-corrected chi connectivity index (χ4v) is 1.48. The highest BCUT2D eigenvalue weighted by molar-refractivity contribution is 5.38. The Bertz CT molecular complexity index is 566. The van der Waals surface area contributed by atoms with E-state index in [2.05, 4.69) is 10.1 Å². The van der Waals surface area contributed by atoms with Crippen LogP contribution in [0.2, 0.25) is 0 Å². The maximum Gasteiger partial charge on any atom is 0.350 e. The summed E-state index contributed by atoms with van der Waals surface area (Å²) >= 11 is 0. The minimum absolute atomic E-state index is 0.0179. The molecule has 0 N–H and O–H groups in total. The van der Waals surface area contributed by atoms with Crippen molar-refractivity contribution in [3.8, 4) is 5.88 Å². The predicted molar refractivity (Wildman–Crippen MR) is 67.8 cm³/mol. The molecule has 2 heterocycles. The van der Waals surface area contributed by atoms with Crippen LogP contribution in [0.5, 0.6) is 5.88 Å². The van der Waals surface area contributed by atoms with E-state index in [1.54, 1.807) is 18.3 Å². The van der Waals surface area contributed by atoms with E-state index in [-0.39, 0.29) is 24.2 Å². The Kier molecular flexibility index (Phi) is 3.74. The normalized spacial score (nSPS) is 10.7. The lowest BCUT2D eigenvalue weighted by Crippen LogP contribution is -2.03. The number of nitrogens with zero attached hydrogens (tertiary/aromatic N) is 4. The van der Waals surface area contributed by atoms with Crippen molar-refractivity contribution < 1.29 is 9.66 Å². The number of pyridine rings is 1. The van der Waals surface area contributed by atoms with Crippen LogP contribution in [0, 0.1) is 10.1 Å². The van der Waals surface area contributed by atoms with Crippen LogP contribution in [0.1, 0.15) is 25.6 Å². The highest BCUT2D eigenvalue weighted by Crippen LogP contribution is 2.26. The molecule has 0 fully saturated rings. The molecule has 7 nitrogen and oxygen atoms in total. The van der Waals surface area contributed by atoms with Gasteiger partial charge in [-0.25, -0.2) is 0 Å². The Morgan fingerprint density at radius 1 is 1.47 bits per heavy atom. The first-order valence-corrected chi connectivity index (χ1v) is 5.84. The van der Waals surface area contributed by atoms with Gasteiger partial charge in [0.15, 0.2) is 0 Å². The third-order valence-electron chi connectivity index (χ3n) is 2.49. The molecule has 2 aromatic rings. The van der Waals surface area contributed by atoms with Gasteiger partial charge in [0.1, 0.15) is 12.8 Å². The van der Waals surface area contributed by atoms with E-state index in [1.807, 2.05) is 19.9 Å². The number of nitro groups is 1. The van der Waals surface area contributed by atoms with E-state index >= 15 is 0 Å². The molecule has 7 heteroatoms. The average molecular weight is 262 g/mol. The highest BCUT2D eigenvalue weighted by atomic mass is 16.6. The Labute approximate surface area is 110 Å². The molecule has 2 aromatic heterocycles. The van der Waals surface area contributed by atoms with Crippen LogP contribution < -0.4 is 4.74 Å². The maximum absolute atomic E-state index is 10.9. The first kappa shape index (κ1) is 13.0. The molecule has 0 aliphatic carbocycles. The minimum atomic E-state index is -0.500. The molecule has 0 saturated carbocycles. The first-order chi connectivity index (χ1) is 9.08. The van der Waals surface area contributed by atoms with Crippen molar-refractivity contribution in [2.45, 2.75) is 26.5 Å². The van der Waals surface area contributed by atoms with Gasteiger partial charge in [-0.05, 0) is 26.0 Å². The van der Waals surface area contributed by atoms with E-state index in [9.17, 15) is 10.1 Å². The lowest BCUT2D eigenvalue weighted by Gasteiger charge is -2.03. The van der Waals surface area contributed by atoms with Gasteiger partial charge in [0.2, 0.25) is 0 Å². The molecule has 19 heavy (non-hydrogen) atoms. The minimum Gasteiger partial charge on any atom is -0.465 e. The van der Waals surface area contributed by atoms with Crippen LogP contribution in [-0.4, -0.2) is 19.7 Å². The molecule has 0 amide bonds. The molecule has 0 radical (unpaired) electrons. The highest BCUT2D eigenvalue weighted by Gasteiger charge is 2.22. The number of aromatic nitrogens is 3. The van der Waals surface area contributed by atoms with Crippen molar-refractivity contribution in [1.29, 1.82) is 0 Å². The smallest absolute Gasteiger partial charge is 0.350 e. The molecule has 2 rings (SSSR count). The second kappa shape index (κ2) is 5.47. The fraction of sp³-hybridized carbons (Fsp3) is 0.333. The zero-order chi connectivity index (χ0) is 13.8. The van der Waals surface area contributed by atoms with E-state index in [4.69, 9.17) is 4.74 Å². The number of hydrogen-bond donors (Lipinski definition) is 0. The summed E-state index contributed by atoms with van der Waals surface area (Å²) in [6.07, 6.45) is 3.01. The van der Waals surface area contributed by atoms with E-state index in [0.717, 1.165) is 0 Å². The van der Waals surface area contributed by atoms with Crippen LogP contribution in [0.15, 0.2) is 30.6 Å². The molecule has 0 atom stereocenters. The third-order valence-corrected chi connectivity index (χ3v) is 2.49. The predicted octanol–water partition coefficient (Wildman–Crippen LogP) is 2.35. The van der Waals surface area contributed by atoms with Gasteiger partial charge in [-0.1, -0.05) is 6.07 Å². The summed E-state index contributed by atoms with van der Waals surface area (Å²) in [7, 11) is 0. The summed E-state index contributed by atoms with van der Waals surface area (Å²) in [4.78, 5) is 14.5. The van der Waals surface area contributed by atoms with Gasteiger partial charge in [-0.2, -0.15) is 0 Å². The zero-order valence-electron chi connectivity index (χ0n) is 10.7. The quantitative estimate of drug-likeness (QED) is 0.610. The van der Waals surface area contributed by atoms with Crippen molar-refractivity contribution in [3.05, 3.63) is 46.4 Å². The molecule has 0 unspecified atom stereocenters. The van der Waals surface area contributed by atoms with Gasteiger partial charge in [-0.15, -0.1) is 5.10 Å². The molecule has 0 aromatic carbocycles. The van der Waals surface area contributed by atoms with Gasteiger partial charge < -0.3 is 4.74 Å². The molecule has 0 bridgehead atoms. The summed E-state index contributed by atoms with van der Waals surface area (Å²) in [6.45, 7) is 3.93. The number of rotatable bonds is 5. The summed E-state index contributed by atoms with van der Waals surface area (Å²) in [5.41, 5.74) is 0.556. The molecule has 0 aliphatic heterocycles. The second-order valence-electron chi connectivity index (χ2n) is 4.26. The van der Waals surface area contributed by atoms with Crippen molar-refractivity contribution >= 4 is 5.69 Å². The van der Waals surface area contributed by atoms with E-state index < -0.39 is 4.92 Å².